The van der Waals surface area contributed by atoms with Crippen molar-refractivity contribution in [3.8, 4) is 17.2 Å². The first-order valence-corrected chi connectivity index (χ1v) is 8.70. The predicted octanol–water partition coefficient (Wildman–Crippen LogP) is 4.90. The molecule has 0 saturated carbocycles. The lowest BCUT2D eigenvalue weighted by molar-refractivity contribution is -0.141. The Morgan fingerprint density at radius 3 is 2.27 bits per heavy atom. The maximum absolute atomic E-state index is 11.5. The molecule has 0 aliphatic carbocycles. The van der Waals surface area contributed by atoms with Crippen LogP contribution in [0.25, 0.3) is 0 Å². The summed E-state index contributed by atoms with van der Waals surface area (Å²) in [6, 6.07) is 8.62. The summed E-state index contributed by atoms with van der Waals surface area (Å²) < 4.78 is 10.6. The van der Waals surface area contributed by atoms with Gasteiger partial charge in [0.1, 0.15) is 11.8 Å². The van der Waals surface area contributed by atoms with Gasteiger partial charge in [0.15, 0.2) is 11.5 Å². The van der Waals surface area contributed by atoms with Gasteiger partial charge in [0, 0.05) is 5.69 Å². The van der Waals surface area contributed by atoms with Crippen molar-refractivity contribution in [2.75, 3.05) is 12.4 Å². The van der Waals surface area contributed by atoms with Gasteiger partial charge in [0.2, 0.25) is 0 Å². The Morgan fingerprint density at radius 2 is 1.73 bits per heavy atom. The molecule has 0 spiro atoms. The molecule has 1 unspecified atom stereocenters. The van der Waals surface area contributed by atoms with E-state index in [1.165, 1.54) is 7.11 Å². The monoisotopic (exact) mass is 357 g/mol. The Balaban J connectivity index is 2.18. The highest BCUT2D eigenvalue weighted by atomic mass is 16.5. The van der Waals surface area contributed by atoms with Crippen molar-refractivity contribution in [1.29, 1.82) is 0 Å². The first-order chi connectivity index (χ1) is 12.2. The lowest BCUT2D eigenvalue weighted by Gasteiger charge is -2.18. The maximum Gasteiger partial charge on any atom is 0.327 e. The zero-order chi connectivity index (χ0) is 19.4. The molecule has 2 rings (SSSR count). The van der Waals surface area contributed by atoms with E-state index in [1.54, 1.807) is 19.1 Å². The molecule has 1 atom stereocenters. The van der Waals surface area contributed by atoms with Crippen LogP contribution in [0.3, 0.4) is 0 Å². The molecule has 0 aliphatic heterocycles. The number of methoxy groups -OCH3 is 1. The number of esters is 1. The Labute approximate surface area is 155 Å². The fraction of sp³-hybridized carbons (Fsp3) is 0.381. The van der Waals surface area contributed by atoms with Crippen LogP contribution in [-0.4, -0.2) is 24.2 Å². The number of anilines is 1. The van der Waals surface area contributed by atoms with E-state index in [4.69, 9.17) is 9.47 Å². The fourth-order valence-electron chi connectivity index (χ4n) is 3.15. The van der Waals surface area contributed by atoms with Gasteiger partial charge in [-0.1, -0.05) is 13.8 Å². The third kappa shape index (κ3) is 4.28. The molecule has 2 N–H and O–H groups in total. The van der Waals surface area contributed by atoms with Crippen LogP contribution in [0.1, 0.15) is 43.4 Å². The minimum atomic E-state index is -0.440. The van der Waals surface area contributed by atoms with Crippen molar-refractivity contribution in [2.24, 2.45) is 0 Å². The smallest absolute Gasteiger partial charge is 0.327 e. The summed E-state index contributed by atoms with van der Waals surface area (Å²) in [6.45, 7) is 9.88. The largest absolute Gasteiger partial charge is 0.504 e. The van der Waals surface area contributed by atoms with Crippen LogP contribution < -0.4 is 10.1 Å². The zero-order valence-corrected chi connectivity index (χ0v) is 16.2. The number of phenolic OH excluding ortho intramolecular Hbond substituents is 1. The molecule has 5 heteroatoms. The lowest BCUT2D eigenvalue weighted by atomic mass is 9.92. The van der Waals surface area contributed by atoms with Gasteiger partial charge in [-0.25, -0.2) is 4.79 Å². The van der Waals surface area contributed by atoms with Gasteiger partial charge >= 0.3 is 5.97 Å². The number of aromatic hydroxyl groups is 1. The van der Waals surface area contributed by atoms with E-state index in [0.717, 1.165) is 22.4 Å². The van der Waals surface area contributed by atoms with Crippen molar-refractivity contribution in [1.82, 2.24) is 0 Å². The van der Waals surface area contributed by atoms with E-state index in [-0.39, 0.29) is 11.7 Å². The van der Waals surface area contributed by atoms with E-state index in [1.807, 2.05) is 32.0 Å². The van der Waals surface area contributed by atoms with Crippen LogP contribution in [0, 0.1) is 13.8 Å². The molecule has 0 fully saturated rings. The Bertz CT molecular complexity index is 782. The van der Waals surface area contributed by atoms with Crippen LogP contribution in [-0.2, 0) is 9.53 Å². The number of nitrogens with one attached hydrogen (secondary N) is 1. The highest BCUT2D eigenvalue weighted by Crippen LogP contribution is 2.39. The quantitative estimate of drug-likeness (QED) is 0.720. The van der Waals surface area contributed by atoms with Crippen molar-refractivity contribution in [3.63, 3.8) is 0 Å². The predicted molar refractivity (Wildman–Crippen MR) is 103 cm³/mol. The molecule has 2 aromatic carbocycles. The average Bonchev–Trinajstić information content (AvgIpc) is 2.60. The zero-order valence-electron chi connectivity index (χ0n) is 16.2. The summed E-state index contributed by atoms with van der Waals surface area (Å²) in [7, 11) is 1.36. The summed E-state index contributed by atoms with van der Waals surface area (Å²) in [6.07, 6.45) is 0. The molecular formula is C21H27NO4. The number of benzene rings is 2. The first-order valence-electron chi connectivity index (χ1n) is 8.70. The number of carbonyl (C=O) groups excluding carboxylic acids is 1. The van der Waals surface area contributed by atoms with Crippen LogP contribution in [0.5, 0.6) is 17.2 Å². The number of hydrogen-bond acceptors (Lipinski definition) is 5. The van der Waals surface area contributed by atoms with Crippen LogP contribution >= 0.6 is 0 Å². The van der Waals surface area contributed by atoms with Crippen LogP contribution in [0.15, 0.2) is 30.3 Å². The highest BCUT2D eigenvalue weighted by Gasteiger charge is 2.16. The summed E-state index contributed by atoms with van der Waals surface area (Å²) in [4.78, 5) is 11.5. The van der Waals surface area contributed by atoms with Crippen molar-refractivity contribution < 1.29 is 19.4 Å². The number of hydrogen-bond donors (Lipinski definition) is 2. The summed E-state index contributed by atoms with van der Waals surface area (Å²) in [5.41, 5.74) is 3.86. The van der Waals surface area contributed by atoms with Crippen LogP contribution in [0.2, 0.25) is 0 Å². The van der Waals surface area contributed by atoms with Crippen molar-refractivity contribution in [2.45, 2.75) is 46.6 Å². The number of rotatable bonds is 6. The minimum Gasteiger partial charge on any atom is -0.504 e. The summed E-state index contributed by atoms with van der Waals surface area (Å²) >= 11 is 0. The van der Waals surface area contributed by atoms with Gasteiger partial charge < -0.3 is 19.9 Å². The molecule has 2 aromatic rings. The number of aryl methyl sites for hydroxylation is 1. The molecule has 26 heavy (non-hydrogen) atoms. The van der Waals surface area contributed by atoms with Crippen LogP contribution in [0.4, 0.5) is 5.69 Å². The maximum atomic E-state index is 11.5. The van der Waals surface area contributed by atoms with Gasteiger partial charge in [-0.3, -0.25) is 0 Å². The molecule has 0 bridgehead atoms. The molecule has 0 aromatic heterocycles. The topological polar surface area (TPSA) is 67.8 Å². The summed E-state index contributed by atoms with van der Waals surface area (Å²) in [5.74, 6) is 1.21. The van der Waals surface area contributed by atoms with Crippen molar-refractivity contribution in [3.05, 3.63) is 47.0 Å². The molecule has 0 saturated heterocycles. The van der Waals surface area contributed by atoms with E-state index in [0.29, 0.717) is 17.4 Å². The normalized spacial score (nSPS) is 12.0. The fourth-order valence-corrected chi connectivity index (χ4v) is 3.15. The number of carbonyl (C=O) groups is 1. The molecule has 5 nitrogen and oxygen atoms in total. The standard InChI is InChI=1S/C21H27NO4/c1-12(2)19-13(3)11-18(20(23)14(19)4)26-17-9-7-16(8-10-17)22-15(5)21(24)25-6/h7-12,15,22-23H,1-6H3. The second-order valence-electron chi connectivity index (χ2n) is 6.75. The average molecular weight is 357 g/mol. The Morgan fingerprint density at radius 1 is 1.12 bits per heavy atom. The van der Waals surface area contributed by atoms with E-state index >= 15 is 0 Å². The minimum absolute atomic E-state index is 0.167. The number of ether oxygens (including phenoxy) is 2. The molecule has 140 valence electrons. The van der Waals surface area contributed by atoms with Gasteiger partial charge in [-0.15, -0.1) is 0 Å². The van der Waals surface area contributed by atoms with Gasteiger partial charge in [0.05, 0.1) is 7.11 Å². The molecule has 0 amide bonds. The first kappa shape index (κ1) is 19.6. The van der Waals surface area contributed by atoms with E-state index in [9.17, 15) is 9.90 Å². The molecule has 0 aliphatic rings. The van der Waals surface area contributed by atoms with E-state index in [2.05, 4.69) is 19.2 Å². The van der Waals surface area contributed by atoms with E-state index < -0.39 is 6.04 Å². The van der Waals surface area contributed by atoms with Gasteiger partial charge in [-0.05, 0) is 73.7 Å². The highest BCUT2D eigenvalue weighted by molar-refractivity contribution is 5.78. The third-order valence-corrected chi connectivity index (χ3v) is 4.36. The second-order valence-corrected chi connectivity index (χ2v) is 6.75. The summed E-state index contributed by atoms with van der Waals surface area (Å²) in [5, 5.41) is 13.5. The molecule has 0 heterocycles. The SMILES string of the molecule is COC(=O)C(C)Nc1ccc(Oc2cc(C)c(C(C)C)c(C)c2O)cc1. The third-order valence-electron chi connectivity index (χ3n) is 4.36. The second kappa shape index (κ2) is 8.13. The van der Waals surface area contributed by atoms with Crippen molar-refractivity contribution >= 4 is 11.7 Å². The Kier molecular flexibility index (Phi) is 6.14. The Hall–Kier alpha value is -2.69. The number of phenols is 1. The van der Waals surface area contributed by atoms with Gasteiger partial charge in [0.25, 0.3) is 0 Å². The molecular weight excluding hydrogens is 330 g/mol. The van der Waals surface area contributed by atoms with Gasteiger partial charge in [-0.2, -0.15) is 0 Å². The lowest BCUT2D eigenvalue weighted by Crippen LogP contribution is -2.27. The molecule has 0 radical (unpaired) electrons.